The molecule has 21 nitrogen and oxygen atoms in total. The molecule has 0 spiro atoms. The summed E-state index contributed by atoms with van der Waals surface area (Å²) in [6.45, 7) is 0. The number of non-ortho nitro benzene ring substituents is 1. The summed E-state index contributed by atoms with van der Waals surface area (Å²) >= 11 is 0. The van der Waals surface area contributed by atoms with Crippen LogP contribution in [0.25, 0.3) is 21.5 Å². The van der Waals surface area contributed by atoms with Gasteiger partial charge in [0.15, 0.2) is 0 Å². The molecule has 0 atom stereocenters. The number of nitro groups is 1. The number of allylic oxidation sites excluding steroid dienone is 2. The normalized spacial score (nSPS) is 14.3. The van der Waals surface area contributed by atoms with Gasteiger partial charge in [-0.1, -0.05) is 30.0 Å². The Bertz CT molecular complexity index is 3050. The number of carbonyl (C=O) groups excluding carboxylic acids is 1. The van der Waals surface area contributed by atoms with E-state index in [2.05, 4.69) is 31.0 Å². The average molecular weight is 890 g/mol. The first kappa shape index (κ1) is 49.5. The zero-order valence-corrected chi connectivity index (χ0v) is 38.8. The SMILES string of the molecule is O=C1C(=NNc2ccc([N+](=O)[O-])cc2)C=C(N=Nc2ccc(S(=O)(=O)[O-])c3ccccc23)C([O-])=C1N=Nc1cc(S(=O)(=O)O)cc2cc(S(=O)(=O)O)cc([O-])c12.[Na+].[Na+].[Na+]. The maximum absolute atomic E-state index is 13.7. The number of hydrogen-bond acceptors (Lipinski definition) is 18. The van der Waals surface area contributed by atoms with Crippen molar-refractivity contribution in [2.75, 3.05) is 5.43 Å². The van der Waals surface area contributed by atoms with E-state index in [1.165, 1.54) is 36.4 Å². The van der Waals surface area contributed by atoms with Crippen molar-refractivity contribution in [3.63, 3.8) is 0 Å². The predicted molar refractivity (Wildman–Crippen MR) is 188 cm³/mol. The quantitative estimate of drug-likeness (QED) is 0.0295. The zero-order chi connectivity index (χ0) is 40.7. The third kappa shape index (κ3) is 11.1. The number of rotatable bonds is 10. The molecule has 59 heavy (non-hydrogen) atoms. The Hall–Kier alpha value is -3.83. The summed E-state index contributed by atoms with van der Waals surface area (Å²) in [5.41, 5.74) is -0.646. The van der Waals surface area contributed by atoms with Gasteiger partial charge in [0.1, 0.15) is 21.5 Å². The van der Waals surface area contributed by atoms with Crippen molar-refractivity contribution in [3.8, 4) is 5.75 Å². The third-order valence-corrected chi connectivity index (χ3v) is 10.3. The molecular formula is C32H18N7Na3O14S3. The molecule has 0 aromatic heterocycles. The molecule has 0 radical (unpaired) electrons. The van der Waals surface area contributed by atoms with Gasteiger partial charge in [0.2, 0.25) is 5.78 Å². The van der Waals surface area contributed by atoms with Crippen molar-refractivity contribution in [2.24, 2.45) is 25.6 Å². The van der Waals surface area contributed by atoms with Crippen molar-refractivity contribution in [1.29, 1.82) is 0 Å². The van der Waals surface area contributed by atoms with Gasteiger partial charge >= 0.3 is 88.7 Å². The minimum Gasteiger partial charge on any atom is -0.872 e. The predicted octanol–water partition coefficient (Wildman–Crippen LogP) is -5.24. The summed E-state index contributed by atoms with van der Waals surface area (Å²) in [6, 6.07) is 15.1. The van der Waals surface area contributed by atoms with Crippen LogP contribution in [0.3, 0.4) is 0 Å². The molecule has 286 valence electrons. The molecule has 1 aliphatic rings. The molecule has 27 heteroatoms. The average Bonchev–Trinajstić information content (AvgIpc) is 3.12. The number of ketones is 1. The summed E-state index contributed by atoms with van der Waals surface area (Å²) in [5, 5.41) is 56.1. The van der Waals surface area contributed by atoms with Gasteiger partial charge in [0.05, 0.1) is 42.4 Å². The number of fused-ring (bicyclic) bond motifs is 2. The van der Waals surface area contributed by atoms with E-state index in [1.54, 1.807) is 0 Å². The monoisotopic (exact) mass is 889 g/mol. The zero-order valence-electron chi connectivity index (χ0n) is 30.4. The Labute approximate surface area is 399 Å². The second kappa shape index (κ2) is 19.3. The first-order valence-corrected chi connectivity index (χ1v) is 19.3. The van der Waals surface area contributed by atoms with E-state index in [0.29, 0.717) is 24.3 Å². The molecule has 0 bridgehead atoms. The summed E-state index contributed by atoms with van der Waals surface area (Å²) in [4.78, 5) is 21.5. The Morgan fingerprint density at radius 1 is 0.695 bits per heavy atom. The molecule has 1 aliphatic carbocycles. The third-order valence-electron chi connectivity index (χ3n) is 7.74. The van der Waals surface area contributed by atoms with Crippen molar-refractivity contribution in [2.45, 2.75) is 14.7 Å². The molecule has 6 rings (SSSR count). The summed E-state index contributed by atoms with van der Waals surface area (Å²) < 4.78 is 102. The summed E-state index contributed by atoms with van der Waals surface area (Å²) in [5.74, 6) is -3.62. The van der Waals surface area contributed by atoms with Crippen molar-refractivity contribution in [1.82, 2.24) is 0 Å². The minimum atomic E-state index is -5.07. The molecule has 0 amide bonds. The fraction of sp³-hybridized carbons (Fsp3) is 0. The number of Topliss-reactive ketones (excluding diaryl/α,β-unsaturated/α-hetero) is 1. The van der Waals surface area contributed by atoms with Gasteiger partial charge in [-0.2, -0.15) is 27.1 Å². The number of anilines is 1. The Balaban J connectivity index is 0.00000310. The van der Waals surface area contributed by atoms with Crippen LogP contribution >= 0.6 is 0 Å². The maximum Gasteiger partial charge on any atom is 1.00 e. The van der Waals surface area contributed by atoms with E-state index in [4.69, 9.17) is 0 Å². The van der Waals surface area contributed by atoms with E-state index in [9.17, 15) is 64.0 Å². The minimum absolute atomic E-state index is 0. The van der Waals surface area contributed by atoms with Gasteiger partial charge in [0, 0.05) is 28.3 Å². The number of hydrogen-bond donors (Lipinski definition) is 3. The van der Waals surface area contributed by atoms with E-state index in [0.717, 1.165) is 30.3 Å². The molecule has 0 unspecified atom stereocenters. The molecule has 0 saturated heterocycles. The molecule has 0 saturated carbocycles. The van der Waals surface area contributed by atoms with E-state index in [-0.39, 0.29) is 117 Å². The number of azo groups is 2. The molecular weight excluding hydrogens is 872 g/mol. The number of hydrazone groups is 1. The van der Waals surface area contributed by atoms with Gasteiger partial charge in [-0.3, -0.25) is 29.4 Å². The summed E-state index contributed by atoms with van der Waals surface area (Å²) in [6.07, 6.45) is 0.866. The van der Waals surface area contributed by atoms with Crippen LogP contribution in [0.4, 0.5) is 22.7 Å². The van der Waals surface area contributed by atoms with Gasteiger partial charge in [-0.05, 0) is 65.8 Å². The van der Waals surface area contributed by atoms with Gasteiger partial charge in [-0.15, -0.1) is 15.3 Å². The van der Waals surface area contributed by atoms with Crippen LogP contribution in [0.5, 0.6) is 5.75 Å². The van der Waals surface area contributed by atoms with Crippen molar-refractivity contribution in [3.05, 3.63) is 118 Å². The molecule has 5 aromatic rings. The number of carbonyl (C=O) groups is 1. The number of nitrogens with one attached hydrogen (secondary N) is 1. The second-order valence-electron chi connectivity index (χ2n) is 11.3. The number of benzene rings is 5. The van der Waals surface area contributed by atoms with Crippen molar-refractivity contribution < 1.29 is 148 Å². The first-order chi connectivity index (χ1) is 26.2. The fourth-order valence-corrected chi connectivity index (χ4v) is 6.94. The smallest absolute Gasteiger partial charge is 0.872 e. The summed E-state index contributed by atoms with van der Waals surface area (Å²) in [7, 11) is -15.0. The van der Waals surface area contributed by atoms with Gasteiger partial charge in [0.25, 0.3) is 25.9 Å². The number of nitrogens with zero attached hydrogens (tertiary/aromatic N) is 6. The van der Waals surface area contributed by atoms with Crippen LogP contribution < -0.4 is 104 Å². The van der Waals surface area contributed by atoms with E-state index >= 15 is 0 Å². The van der Waals surface area contributed by atoms with Crippen LogP contribution in [0, 0.1) is 10.1 Å². The molecule has 0 aliphatic heterocycles. The van der Waals surface area contributed by atoms with Crippen LogP contribution in [-0.2, 0) is 35.1 Å². The molecule has 3 N–H and O–H groups in total. The molecule has 5 aromatic carbocycles. The topological polar surface area (TPSA) is 346 Å². The Morgan fingerprint density at radius 2 is 1.27 bits per heavy atom. The van der Waals surface area contributed by atoms with E-state index in [1.807, 2.05) is 0 Å². The second-order valence-corrected chi connectivity index (χ2v) is 15.5. The molecule has 0 fully saturated rings. The van der Waals surface area contributed by atoms with Gasteiger partial charge in [-0.25, -0.2) is 8.42 Å². The first-order valence-electron chi connectivity index (χ1n) is 15.0. The maximum atomic E-state index is 13.7. The Kier molecular flexibility index (Phi) is 16.2. The van der Waals surface area contributed by atoms with Crippen LogP contribution in [0.15, 0.2) is 148 Å². The van der Waals surface area contributed by atoms with Crippen LogP contribution in [0.1, 0.15) is 0 Å². The van der Waals surface area contributed by atoms with Crippen molar-refractivity contribution >= 4 is 86.1 Å². The van der Waals surface area contributed by atoms with Crippen LogP contribution in [0.2, 0.25) is 0 Å². The van der Waals surface area contributed by atoms with Crippen LogP contribution in [-0.4, -0.2) is 55.3 Å². The number of nitro benzene ring substituents is 1. The largest absolute Gasteiger partial charge is 1.00 e. The Morgan fingerprint density at radius 3 is 1.85 bits per heavy atom. The fourth-order valence-electron chi connectivity index (χ4n) is 5.19. The van der Waals surface area contributed by atoms with E-state index < -0.39 is 101 Å². The standard InChI is InChI=1S/C32H21N7O14S3.3Na/c40-27-14-20(55(48,49)50)12-16-11-19(54(45,46)47)13-24(29(16)27)35-38-30-31(41)25(36-33-17-5-7-18(8-6-17)39(43)44)15-26(32(30)42)37-34-23-9-10-28(56(51,52)53)22-4-2-1-3-21(22)23;;;/h1-15,33,40,42H,(H,45,46,47)(H,48,49,50)(H,51,52,53);;;/q;3*+1/p-3. The van der Waals surface area contributed by atoms with Gasteiger partial charge < -0.3 is 14.8 Å². The molecule has 0 heterocycles.